The molecule has 1 aromatic carbocycles. The van der Waals surface area contributed by atoms with E-state index in [1.165, 1.54) is 0 Å². The largest absolute Gasteiger partial charge is 0.497 e. The van der Waals surface area contributed by atoms with Gasteiger partial charge in [-0.1, -0.05) is 12.1 Å². The SMILES string of the molecule is COc1ccc(CNCC(=O)NCCCN(C)C)cc1. The van der Waals surface area contributed by atoms with Crippen LogP contribution in [0.15, 0.2) is 24.3 Å². The number of rotatable bonds is 9. The van der Waals surface area contributed by atoms with Crippen LogP contribution >= 0.6 is 0 Å². The van der Waals surface area contributed by atoms with Gasteiger partial charge in [-0.2, -0.15) is 0 Å². The molecule has 20 heavy (non-hydrogen) atoms. The van der Waals surface area contributed by atoms with E-state index in [-0.39, 0.29) is 5.91 Å². The van der Waals surface area contributed by atoms with Gasteiger partial charge < -0.3 is 20.3 Å². The van der Waals surface area contributed by atoms with E-state index in [0.717, 1.165) is 30.8 Å². The standard InChI is InChI=1S/C15H25N3O2/c1-18(2)10-4-9-17-15(19)12-16-11-13-5-7-14(20-3)8-6-13/h5-8,16H,4,9-12H2,1-3H3,(H,17,19). The van der Waals surface area contributed by atoms with Crippen LogP contribution in [-0.4, -0.2) is 51.6 Å². The summed E-state index contributed by atoms with van der Waals surface area (Å²) in [5.41, 5.74) is 1.13. The van der Waals surface area contributed by atoms with Gasteiger partial charge in [-0.05, 0) is 44.8 Å². The smallest absolute Gasteiger partial charge is 0.233 e. The fourth-order valence-corrected chi connectivity index (χ4v) is 1.75. The molecule has 0 unspecified atom stereocenters. The maximum Gasteiger partial charge on any atom is 0.233 e. The first-order valence-corrected chi connectivity index (χ1v) is 6.87. The van der Waals surface area contributed by atoms with Gasteiger partial charge in [-0.25, -0.2) is 0 Å². The molecule has 0 fully saturated rings. The van der Waals surface area contributed by atoms with Gasteiger partial charge in [-0.3, -0.25) is 4.79 Å². The highest BCUT2D eigenvalue weighted by Gasteiger charge is 2.00. The number of nitrogens with zero attached hydrogens (tertiary/aromatic N) is 1. The summed E-state index contributed by atoms with van der Waals surface area (Å²) in [6, 6.07) is 7.80. The molecule has 0 atom stereocenters. The van der Waals surface area contributed by atoms with E-state index in [9.17, 15) is 4.79 Å². The Balaban J connectivity index is 2.11. The van der Waals surface area contributed by atoms with E-state index in [1.54, 1.807) is 7.11 Å². The lowest BCUT2D eigenvalue weighted by molar-refractivity contribution is -0.120. The second-order valence-electron chi connectivity index (χ2n) is 4.96. The molecule has 5 heteroatoms. The molecule has 0 heterocycles. The van der Waals surface area contributed by atoms with Crippen LogP contribution in [-0.2, 0) is 11.3 Å². The maximum atomic E-state index is 11.6. The van der Waals surface area contributed by atoms with Gasteiger partial charge in [0, 0.05) is 13.1 Å². The van der Waals surface area contributed by atoms with Crippen LogP contribution in [0.3, 0.4) is 0 Å². The minimum Gasteiger partial charge on any atom is -0.497 e. The molecular formula is C15H25N3O2. The number of methoxy groups -OCH3 is 1. The highest BCUT2D eigenvalue weighted by atomic mass is 16.5. The number of nitrogens with one attached hydrogen (secondary N) is 2. The van der Waals surface area contributed by atoms with Crippen LogP contribution in [0.25, 0.3) is 0 Å². The molecule has 0 aliphatic carbocycles. The second kappa shape index (κ2) is 9.34. The van der Waals surface area contributed by atoms with Crippen LogP contribution in [0, 0.1) is 0 Å². The molecule has 0 saturated heterocycles. The zero-order chi connectivity index (χ0) is 14.8. The average Bonchev–Trinajstić information content (AvgIpc) is 2.44. The lowest BCUT2D eigenvalue weighted by atomic mass is 10.2. The normalized spacial score (nSPS) is 10.6. The van der Waals surface area contributed by atoms with E-state index < -0.39 is 0 Å². The Morgan fingerprint density at radius 1 is 1.25 bits per heavy atom. The van der Waals surface area contributed by atoms with Crippen molar-refractivity contribution < 1.29 is 9.53 Å². The molecule has 0 aliphatic heterocycles. The third-order valence-corrected chi connectivity index (χ3v) is 2.88. The van der Waals surface area contributed by atoms with Crippen molar-refractivity contribution in [1.82, 2.24) is 15.5 Å². The second-order valence-corrected chi connectivity index (χ2v) is 4.96. The van der Waals surface area contributed by atoms with Crippen LogP contribution in [0.2, 0.25) is 0 Å². The summed E-state index contributed by atoms with van der Waals surface area (Å²) in [5, 5.41) is 6.02. The Morgan fingerprint density at radius 2 is 1.95 bits per heavy atom. The number of carbonyl (C=O) groups is 1. The van der Waals surface area contributed by atoms with E-state index >= 15 is 0 Å². The summed E-state index contributed by atoms with van der Waals surface area (Å²) >= 11 is 0. The summed E-state index contributed by atoms with van der Waals surface area (Å²) in [5.74, 6) is 0.879. The number of carbonyl (C=O) groups excluding carboxylic acids is 1. The molecule has 0 radical (unpaired) electrons. The summed E-state index contributed by atoms with van der Waals surface area (Å²) in [7, 11) is 5.70. The quantitative estimate of drug-likeness (QED) is 0.658. The van der Waals surface area contributed by atoms with Gasteiger partial charge in [-0.15, -0.1) is 0 Å². The first-order valence-electron chi connectivity index (χ1n) is 6.87. The first kappa shape index (κ1) is 16.5. The molecule has 1 rings (SSSR count). The molecule has 0 aliphatic rings. The number of amides is 1. The first-order chi connectivity index (χ1) is 9.61. The molecule has 1 amide bonds. The molecule has 1 aromatic rings. The fraction of sp³-hybridized carbons (Fsp3) is 0.533. The van der Waals surface area contributed by atoms with Gasteiger partial charge >= 0.3 is 0 Å². The molecule has 0 bridgehead atoms. The van der Waals surface area contributed by atoms with E-state index in [0.29, 0.717) is 13.1 Å². The van der Waals surface area contributed by atoms with Crippen LogP contribution in [0.5, 0.6) is 5.75 Å². The summed E-state index contributed by atoms with van der Waals surface area (Å²) in [6.45, 7) is 2.73. The third kappa shape index (κ3) is 7.11. The minimum atomic E-state index is 0.0391. The number of benzene rings is 1. The van der Waals surface area contributed by atoms with Crippen LogP contribution in [0.4, 0.5) is 0 Å². The van der Waals surface area contributed by atoms with Crippen molar-refractivity contribution in [3.63, 3.8) is 0 Å². The highest BCUT2D eigenvalue weighted by Crippen LogP contribution is 2.10. The van der Waals surface area contributed by atoms with Crippen molar-refractivity contribution in [2.24, 2.45) is 0 Å². The Labute approximate surface area is 121 Å². The monoisotopic (exact) mass is 279 g/mol. The molecule has 0 saturated carbocycles. The lowest BCUT2D eigenvalue weighted by Crippen LogP contribution is -2.35. The van der Waals surface area contributed by atoms with E-state index in [2.05, 4.69) is 15.5 Å². The Hall–Kier alpha value is -1.59. The predicted molar refractivity (Wildman–Crippen MR) is 80.9 cm³/mol. The zero-order valence-electron chi connectivity index (χ0n) is 12.6. The van der Waals surface area contributed by atoms with E-state index in [4.69, 9.17) is 4.74 Å². The fourth-order valence-electron chi connectivity index (χ4n) is 1.75. The van der Waals surface area contributed by atoms with Gasteiger partial charge in [0.05, 0.1) is 13.7 Å². The number of ether oxygens (including phenoxy) is 1. The molecule has 0 aromatic heterocycles. The van der Waals surface area contributed by atoms with Gasteiger partial charge in [0.1, 0.15) is 5.75 Å². The molecule has 5 nitrogen and oxygen atoms in total. The molecular weight excluding hydrogens is 254 g/mol. The summed E-state index contributed by atoms with van der Waals surface area (Å²) in [6.07, 6.45) is 0.969. The molecule has 2 N–H and O–H groups in total. The highest BCUT2D eigenvalue weighted by molar-refractivity contribution is 5.77. The summed E-state index contributed by atoms with van der Waals surface area (Å²) in [4.78, 5) is 13.7. The number of hydrogen-bond donors (Lipinski definition) is 2. The Morgan fingerprint density at radius 3 is 2.55 bits per heavy atom. The Kier molecular flexibility index (Phi) is 7.69. The number of hydrogen-bond acceptors (Lipinski definition) is 4. The third-order valence-electron chi connectivity index (χ3n) is 2.88. The van der Waals surface area contributed by atoms with Crippen molar-refractivity contribution in [3.05, 3.63) is 29.8 Å². The van der Waals surface area contributed by atoms with Crippen molar-refractivity contribution in [2.45, 2.75) is 13.0 Å². The van der Waals surface area contributed by atoms with Crippen molar-refractivity contribution in [3.8, 4) is 5.75 Å². The van der Waals surface area contributed by atoms with Gasteiger partial charge in [0.15, 0.2) is 0 Å². The van der Waals surface area contributed by atoms with Crippen molar-refractivity contribution >= 4 is 5.91 Å². The topological polar surface area (TPSA) is 53.6 Å². The molecule has 112 valence electrons. The predicted octanol–water partition coefficient (Wildman–Crippen LogP) is 0.853. The zero-order valence-corrected chi connectivity index (χ0v) is 12.6. The van der Waals surface area contributed by atoms with Crippen molar-refractivity contribution in [2.75, 3.05) is 40.8 Å². The van der Waals surface area contributed by atoms with Crippen LogP contribution < -0.4 is 15.4 Å². The lowest BCUT2D eigenvalue weighted by Gasteiger charge is -2.10. The maximum absolute atomic E-state index is 11.6. The van der Waals surface area contributed by atoms with Gasteiger partial charge in [0.2, 0.25) is 5.91 Å². The minimum absolute atomic E-state index is 0.0391. The van der Waals surface area contributed by atoms with Gasteiger partial charge in [0.25, 0.3) is 0 Å². The van der Waals surface area contributed by atoms with Crippen LogP contribution in [0.1, 0.15) is 12.0 Å². The average molecular weight is 279 g/mol. The van der Waals surface area contributed by atoms with Crippen molar-refractivity contribution in [1.29, 1.82) is 0 Å². The Bertz CT molecular complexity index is 391. The molecule has 0 spiro atoms. The van der Waals surface area contributed by atoms with E-state index in [1.807, 2.05) is 38.4 Å². The summed E-state index contributed by atoms with van der Waals surface area (Å²) < 4.78 is 5.10.